The maximum atomic E-state index is 11.7. The van der Waals surface area contributed by atoms with Gasteiger partial charge in [-0.3, -0.25) is 4.79 Å². The maximum Gasteiger partial charge on any atom is 0.338 e. The van der Waals surface area contributed by atoms with E-state index in [1.807, 2.05) is 30.3 Å². The smallest absolute Gasteiger partial charge is 0.338 e. The lowest BCUT2D eigenvalue weighted by atomic mass is 10.2. The van der Waals surface area contributed by atoms with Crippen LogP contribution in [0.2, 0.25) is 0 Å². The minimum atomic E-state index is -0.326. The first kappa shape index (κ1) is 17.1. The van der Waals surface area contributed by atoms with Gasteiger partial charge in [-0.2, -0.15) is 0 Å². The predicted molar refractivity (Wildman–Crippen MR) is 90.0 cm³/mol. The van der Waals surface area contributed by atoms with Gasteiger partial charge < -0.3 is 9.47 Å². The second kappa shape index (κ2) is 8.39. The van der Waals surface area contributed by atoms with Crippen molar-refractivity contribution >= 4 is 23.7 Å². The Morgan fingerprint density at radius 1 is 1.04 bits per heavy atom. The summed E-state index contributed by atoms with van der Waals surface area (Å²) in [5.41, 5.74) is 1.73. The molecule has 2 rings (SSSR count). The molecule has 0 saturated carbocycles. The molecule has 23 heavy (non-hydrogen) atoms. The van der Waals surface area contributed by atoms with Gasteiger partial charge >= 0.3 is 11.9 Å². The molecule has 0 spiro atoms. The van der Waals surface area contributed by atoms with Crippen LogP contribution in [0.3, 0.4) is 0 Å². The van der Waals surface area contributed by atoms with Crippen LogP contribution in [0.4, 0.5) is 0 Å². The first-order valence-electron chi connectivity index (χ1n) is 7.17. The van der Waals surface area contributed by atoms with Crippen LogP contribution < -0.4 is 4.74 Å². The van der Waals surface area contributed by atoms with Gasteiger partial charge in [0.25, 0.3) is 0 Å². The Morgan fingerprint density at radius 3 is 2.39 bits per heavy atom. The average molecular weight is 330 g/mol. The highest BCUT2D eigenvalue weighted by atomic mass is 32.2. The van der Waals surface area contributed by atoms with Crippen molar-refractivity contribution in [1.29, 1.82) is 0 Å². The quantitative estimate of drug-likeness (QED) is 0.459. The fourth-order valence-corrected chi connectivity index (χ4v) is 3.08. The van der Waals surface area contributed by atoms with Crippen LogP contribution in [0.25, 0.3) is 0 Å². The Balaban J connectivity index is 1.92. The van der Waals surface area contributed by atoms with Crippen molar-refractivity contribution in [1.82, 2.24) is 0 Å². The van der Waals surface area contributed by atoms with Crippen LogP contribution in [-0.2, 0) is 16.0 Å². The first-order valence-corrected chi connectivity index (χ1v) is 8.16. The first-order chi connectivity index (χ1) is 11.1. The summed E-state index contributed by atoms with van der Waals surface area (Å²) in [5.74, 6) is 0.734. The molecule has 0 amide bonds. The molecule has 2 aromatic carbocycles. The van der Waals surface area contributed by atoms with Crippen molar-refractivity contribution in [3.63, 3.8) is 0 Å². The minimum Gasteiger partial charge on any atom is -0.465 e. The van der Waals surface area contributed by atoms with E-state index in [0.29, 0.717) is 11.3 Å². The Kier molecular flexibility index (Phi) is 6.23. The predicted octanol–water partition coefficient (Wildman–Crippen LogP) is 3.73. The number of rotatable bonds is 6. The molecule has 0 aromatic heterocycles. The van der Waals surface area contributed by atoms with Gasteiger partial charge in [-0.25, -0.2) is 4.79 Å². The van der Waals surface area contributed by atoms with E-state index in [1.165, 1.54) is 14.0 Å². The fraction of sp³-hybridized carbons (Fsp3) is 0.222. The lowest BCUT2D eigenvalue weighted by Gasteiger charge is -2.08. The molecule has 0 heterocycles. The fourth-order valence-electron chi connectivity index (χ4n) is 2.04. The van der Waals surface area contributed by atoms with Crippen molar-refractivity contribution in [2.75, 3.05) is 12.9 Å². The highest BCUT2D eigenvalue weighted by Crippen LogP contribution is 2.24. The lowest BCUT2D eigenvalue weighted by Crippen LogP contribution is -2.03. The standard InChI is InChI=1S/C18H18O4S/c1-13(19)22-15-9-7-14(8-10-15)11-12-23-17-6-4-3-5-16(17)18(20)21-2/h3-10H,11-12H2,1-2H3. The number of esters is 2. The molecule has 0 unspecified atom stereocenters. The molecule has 0 atom stereocenters. The van der Waals surface area contributed by atoms with Gasteiger partial charge in [0, 0.05) is 17.6 Å². The number of benzene rings is 2. The number of carbonyl (C=O) groups is 2. The van der Waals surface area contributed by atoms with Gasteiger partial charge in [-0.05, 0) is 36.2 Å². The van der Waals surface area contributed by atoms with Crippen LogP contribution in [0.15, 0.2) is 53.4 Å². The normalized spacial score (nSPS) is 10.2. The molecule has 0 aliphatic heterocycles. The number of carbonyl (C=O) groups excluding carboxylic acids is 2. The van der Waals surface area contributed by atoms with Crippen molar-refractivity contribution in [2.45, 2.75) is 18.2 Å². The number of hydrogen-bond donors (Lipinski definition) is 0. The highest BCUT2D eigenvalue weighted by molar-refractivity contribution is 7.99. The number of methoxy groups -OCH3 is 1. The third-order valence-corrected chi connectivity index (χ3v) is 4.20. The molecular formula is C18H18O4S. The summed E-state index contributed by atoms with van der Waals surface area (Å²) in [6.07, 6.45) is 0.848. The van der Waals surface area contributed by atoms with Crippen molar-refractivity contribution in [2.24, 2.45) is 0 Å². The zero-order valence-corrected chi connectivity index (χ0v) is 13.9. The molecule has 0 aliphatic rings. The van der Waals surface area contributed by atoms with Crippen LogP contribution in [0.5, 0.6) is 5.75 Å². The van der Waals surface area contributed by atoms with E-state index in [1.54, 1.807) is 30.0 Å². The molecule has 120 valence electrons. The SMILES string of the molecule is COC(=O)c1ccccc1SCCc1ccc(OC(C)=O)cc1. The Bertz CT molecular complexity index is 680. The van der Waals surface area contributed by atoms with Crippen LogP contribution in [-0.4, -0.2) is 24.8 Å². The van der Waals surface area contributed by atoms with Crippen molar-refractivity contribution in [3.8, 4) is 5.75 Å². The summed E-state index contributed by atoms with van der Waals surface area (Å²) >= 11 is 1.61. The van der Waals surface area contributed by atoms with Gasteiger partial charge in [0.2, 0.25) is 0 Å². The molecule has 2 aromatic rings. The van der Waals surface area contributed by atoms with E-state index in [-0.39, 0.29) is 11.9 Å². The van der Waals surface area contributed by atoms with Crippen molar-refractivity contribution < 1.29 is 19.1 Å². The lowest BCUT2D eigenvalue weighted by molar-refractivity contribution is -0.131. The molecule has 0 saturated heterocycles. The molecule has 0 fully saturated rings. The largest absolute Gasteiger partial charge is 0.465 e. The zero-order valence-electron chi connectivity index (χ0n) is 13.1. The van der Waals surface area contributed by atoms with E-state index >= 15 is 0 Å². The van der Waals surface area contributed by atoms with Crippen LogP contribution >= 0.6 is 11.8 Å². The number of aryl methyl sites for hydroxylation is 1. The Labute approximate surface area is 139 Å². The molecule has 0 bridgehead atoms. The topological polar surface area (TPSA) is 52.6 Å². The summed E-state index contributed by atoms with van der Waals surface area (Å²) in [7, 11) is 1.38. The van der Waals surface area contributed by atoms with Gasteiger partial charge in [0.05, 0.1) is 12.7 Å². The Morgan fingerprint density at radius 2 is 1.74 bits per heavy atom. The van der Waals surface area contributed by atoms with E-state index in [0.717, 1.165) is 22.6 Å². The monoisotopic (exact) mass is 330 g/mol. The van der Waals surface area contributed by atoms with Gasteiger partial charge in [-0.15, -0.1) is 11.8 Å². The summed E-state index contributed by atoms with van der Waals surface area (Å²) in [5, 5.41) is 0. The number of ether oxygens (including phenoxy) is 2. The highest BCUT2D eigenvalue weighted by Gasteiger charge is 2.11. The minimum absolute atomic E-state index is 0.321. The van der Waals surface area contributed by atoms with E-state index in [2.05, 4.69) is 0 Å². The summed E-state index contributed by atoms with van der Waals surface area (Å²) in [4.78, 5) is 23.5. The average Bonchev–Trinajstić information content (AvgIpc) is 2.56. The molecule has 0 radical (unpaired) electrons. The molecule has 0 N–H and O–H groups in total. The molecule has 4 nitrogen and oxygen atoms in total. The van der Waals surface area contributed by atoms with Crippen molar-refractivity contribution in [3.05, 3.63) is 59.7 Å². The summed E-state index contributed by atoms with van der Waals surface area (Å²) < 4.78 is 9.79. The van der Waals surface area contributed by atoms with Gasteiger partial charge in [0.1, 0.15) is 5.75 Å². The third-order valence-electron chi connectivity index (χ3n) is 3.13. The number of thioether (sulfide) groups is 1. The van der Waals surface area contributed by atoms with Gasteiger partial charge in [-0.1, -0.05) is 24.3 Å². The third kappa shape index (κ3) is 5.14. The maximum absolute atomic E-state index is 11.7. The van der Waals surface area contributed by atoms with Gasteiger partial charge in [0.15, 0.2) is 0 Å². The second-order valence-corrected chi connectivity index (χ2v) is 5.96. The van der Waals surface area contributed by atoms with Crippen LogP contribution in [0.1, 0.15) is 22.8 Å². The second-order valence-electron chi connectivity index (χ2n) is 4.82. The Hall–Kier alpha value is -2.27. The van der Waals surface area contributed by atoms with E-state index < -0.39 is 0 Å². The zero-order chi connectivity index (χ0) is 16.7. The van der Waals surface area contributed by atoms with E-state index in [4.69, 9.17) is 9.47 Å². The molecule has 0 aliphatic carbocycles. The molecular weight excluding hydrogens is 312 g/mol. The van der Waals surface area contributed by atoms with E-state index in [9.17, 15) is 9.59 Å². The van der Waals surface area contributed by atoms with Crippen LogP contribution in [0, 0.1) is 0 Å². The summed E-state index contributed by atoms with van der Waals surface area (Å²) in [6, 6.07) is 14.8. The molecule has 5 heteroatoms. The summed E-state index contributed by atoms with van der Waals surface area (Å²) in [6.45, 7) is 1.38. The number of hydrogen-bond acceptors (Lipinski definition) is 5.